The summed E-state index contributed by atoms with van der Waals surface area (Å²) in [5.74, 6) is 4.66. The van der Waals surface area contributed by atoms with Gasteiger partial charge < -0.3 is 23.6 Å². The minimum Gasteiger partial charge on any atom is -0.507 e. The van der Waals surface area contributed by atoms with Crippen molar-refractivity contribution in [1.29, 1.82) is 0 Å². The summed E-state index contributed by atoms with van der Waals surface area (Å²) in [6.45, 7) is 9.24. The van der Waals surface area contributed by atoms with Gasteiger partial charge >= 0.3 is 6.09 Å². The summed E-state index contributed by atoms with van der Waals surface area (Å²) in [6, 6.07) is 3.75. The highest BCUT2D eigenvalue weighted by molar-refractivity contribution is 7.77. The van der Waals surface area contributed by atoms with Gasteiger partial charge in [0.2, 0.25) is 0 Å². The lowest BCUT2D eigenvalue weighted by molar-refractivity contribution is 0.198. The zero-order valence-corrected chi connectivity index (χ0v) is 21.3. The molecule has 2 N–H and O–H groups in total. The Morgan fingerprint density at radius 3 is 2.73 bits per heavy atom. The second kappa shape index (κ2) is 13.7. The van der Waals surface area contributed by atoms with E-state index in [9.17, 15) is 14.1 Å². The summed E-state index contributed by atoms with van der Waals surface area (Å²) in [7, 11) is -1.56. The summed E-state index contributed by atoms with van der Waals surface area (Å²) in [4.78, 5) is 12.6. The van der Waals surface area contributed by atoms with Crippen LogP contribution in [0.2, 0.25) is 0 Å². The number of hydrogen-bond acceptors (Lipinski definition) is 6. The van der Waals surface area contributed by atoms with Crippen LogP contribution >= 0.6 is 0 Å². The van der Waals surface area contributed by atoms with Crippen molar-refractivity contribution in [2.75, 3.05) is 13.2 Å². The molecule has 0 heterocycles. The fourth-order valence-electron chi connectivity index (χ4n) is 4.49. The van der Waals surface area contributed by atoms with Crippen LogP contribution in [-0.2, 0) is 25.5 Å². The molecule has 0 aromatic heterocycles. The van der Waals surface area contributed by atoms with Crippen molar-refractivity contribution in [3.05, 3.63) is 34.9 Å². The van der Waals surface area contributed by atoms with Crippen LogP contribution in [0.1, 0.15) is 83.3 Å². The van der Waals surface area contributed by atoms with Crippen LogP contribution in [-0.4, -0.2) is 30.2 Å². The Bertz CT molecular complexity index is 883. The van der Waals surface area contributed by atoms with Gasteiger partial charge in [0.25, 0.3) is 0 Å². The summed E-state index contributed by atoms with van der Waals surface area (Å²) >= 11 is 0. The molecule has 1 aromatic rings. The molecule has 33 heavy (non-hydrogen) atoms. The van der Waals surface area contributed by atoms with Crippen molar-refractivity contribution >= 4 is 22.6 Å². The van der Waals surface area contributed by atoms with Crippen molar-refractivity contribution in [2.24, 2.45) is 11.8 Å². The first-order valence-corrected chi connectivity index (χ1v) is 13.3. The number of phenolic OH excluding ortho intramolecular Hbond substituents is 1. The largest absolute Gasteiger partial charge is 0.507 e. The van der Waals surface area contributed by atoms with Crippen LogP contribution in [0, 0.1) is 11.8 Å². The highest BCUT2D eigenvalue weighted by Crippen LogP contribution is 2.47. The number of phenols is 1. The molecule has 1 aliphatic carbocycles. The van der Waals surface area contributed by atoms with Crippen LogP contribution in [0.3, 0.4) is 0 Å². The Balaban J connectivity index is 2.28. The third kappa shape index (κ3) is 8.70. The standard InChI is InChI=1S/C26H40NO5S/c1-6-7-8-10-20-16-23(28)25(22-15-19(4)11-12-21(22)18(2)3)24(17-20)32-26(29)27-13-9-14-31-33(5)30/h15-18,21-22,28H,5-14H2,1-4H3,(H,27,29)/q-1/t21-,22+/m0/s1. The van der Waals surface area contributed by atoms with Gasteiger partial charge in [0.15, 0.2) is 0 Å². The summed E-state index contributed by atoms with van der Waals surface area (Å²) in [5, 5.41) is 13.8. The molecule has 2 rings (SSSR count). The average Bonchev–Trinajstić information content (AvgIpc) is 2.73. The van der Waals surface area contributed by atoms with Crippen LogP contribution in [0.15, 0.2) is 23.8 Å². The topological polar surface area (TPSA) is 84.9 Å². The molecule has 0 saturated heterocycles. The van der Waals surface area contributed by atoms with Crippen molar-refractivity contribution < 1.29 is 23.0 Å². The third-order valence-electron chi connectivity index (χ3n) is 6.24. The average molecular weight is 479 g/mol. The molecule has 0 spiro atoms. The second-order valence-corrected chi connectivity index (χ2v) is 10.1. The Morgan fingerprint density at radius 1 is 1.30 bits per heavy atom. The van der Waals surface area contributed by atoms with E-state index in [4.69, 9.17) is 8.92 Å². The number of carbonyl (C=O) groups excluding carboxylic acids is 1. The van der Waals surface area contributed by atoms with E-state index >= 15 is 0 Å². The van der Waals surface area contributed by atoms with Gasteiger partial charge in [-0.15, -0.1) is 0 Å². The molecule has 2 atom stereocenters. The van der Waals surface area contributed by atoms with Gasteiger partial charge in [0.1, 0.15) is 11.5 Å². The van der Waals surface area contributed by atoms with Crippen LogP contribution < -0.4 is 10.1 Å². The van der Waals surface area contributed by atoms with Crippen molar-refractivity contribution in [3.8, 4) is 11.5 Å². The van der Waals surface area contributed by atoms with Crippen molar-refractivity contribution in [3.63, 3.8) is 0 Å². The Kier molecular flexibility index (Phi) is 11.3. The molecule has 0 radical (unpaired) electrons. The molecule has 0 bridgehead atoms. The zero-order chi connectivity index (χ0) is 24.4. The van der Waals surface area contributed by atoms with E-state index in [1.165, 1.54) is 5.57 Å². The highest BCUT2D eigenvalue weighted by Gasteiger charge is 2.32. The fourth-order valence-corrected chi connectivity index (χ4v) is 4.80. The van der Waals surface area contributed by atoms with Gasteiger partial charge in [-0.05, 0) is 68.6 Å². The first-order chi connectivity index (χ1) is 15.7. The number of carbonyl (C=O) groups is 1. The predicted molar refractivity (Wildman–Crippen MR) is 135 cm³/mol. The molecule has 7 heteroatoms. The van der Waals surface area contributed by atoms with Crippen molar-refractivity contribution in [1.82, 2.24) is 5.32 Å². The lowest BCUT2D eigenvalue weighted by atomic mass is 9.71. The van der Waals surface area contributed by atoms with Crippen LogP contribution in [0.5, 0.6) is 11.5 Å². The van der Waals surface area contributed by atoms with Crippen LogP contribution in [0.4, 0.5) is 4.79 Å². The van der Waals surface area contributed by atoms with Gasteiger partial charge in [-0.25, -0.2) is 4.79 Å². The van der Waals surface area contributed by atoms with Crippen LogP contribution in [0.25, 0.3) is 0 Å². The molecular formula is C26H40NO5S-. The van der Waals surface area contributed by atoms with Gasteiger partial charge in [-0.3, -0.25) is 0 Å². The molecule has 1 aromatic carbocycles. The number of amides is 1. The normalized spacial score (nSPS) is 18.4. The fraction of sp³-hybridized carbons (Fsp3) is 0.615. The number of benzene rings is 1. The van der Waals surface area contributed by atoms with Gasteiger partial charge in [-0.1, -0.05) is 45.3 Å². The molecule has 0 aliphatic heterocycles. The minimum atomic E-state index is -1.56. The summed E-state index contributed by atoms with van der Waals surface area (Å²) in [5.41, 5.74) is 2.95. The van der Waals surface area contributed by atoms with E-state index in [1.54, 1.807) is 0 Å². The Hall–Kier alpha value is -1.99. The lowest BCUT2D eigenvalue weighted by Gasteiger charge is -2.34. The van der Waals surface area contributed by atoms with E-state index < -0.39 is 16.8 Å². The number of aryl methyl sites for hydroxylation is 1. The van der Waals surface area contributed by atoms with E-state index in [0.717, 1.165) is 44.1 Å². The second-order valence-electron chi connectivity index (χ2n) is 9.26. The molecule has 1 amide bonds. The number of ether oxygens (including phenoxy) is 1. The quantitative estimate of drug-likeness (QED) is 0.166. The Morgan fingerprint density at radius 2 is 2.06 bits per heavy atom. The SMILES string of the molecule is C=[S-](=O)OCCCNC(=O)Oc1cc(CCCCC)cc(O)c1[C@@H]1C=C(C)CC[C@H]1C(C)C. The molecular weight excluding hydrogens is 438 g/mol. The maximum absolute atomic E-state index is 12.6. The van der Waals surface area contributed by atoms with E-state index in [0.29, 0.717) is 36.1 Å². The van der Waals surface area contributed by atoms with Gasteiger partial charge in [-0.2, -0.15) is 16.5 Å². The van der Waals surface area contributed by atoms with Crippen molar-refractivity contribution in [2.45, 2.75) is 78.6 Å². The number of unbranched alkanes of at least 4 members (excludes halogenated alkanes) is 2. The number of rotatable bonds is 12. The Labute approximate surface area is 201 Å². The first-order valence-electron chi connectivity index (χ1n) is 12.1. The molecule has 186 valence electrons. The monoisotopic (exact) mass is 478 g/mol. The maximum Gasteiger partial charge on any atom is 0.412 e. The third-order valence-corrected chi connectivity index (χ3v) is 6.67. The molecule has 6 nitrogen and oxygen atoms in total. The van der Waals surface area contributed by atoms with Gasteiger partial charge in [0.05, 0.1) is 0 Å². The molecule has 1 aliphatic rings. The number of hydrogen-bond donors (Lipinski definition) is 2. The van der Waals surface area contributed by atoms with E-state index in [1.807, 2.05) is 12.1 Å². The highest BCUT2D eigenvalue weighted by atomic mass is 32.2. The number of aromatic hydroxyl groups is 1. The molecule has 0 unspecified atom stereocenters. The number of nitrogens with one attached hydrogen (secondary N) is 1. The molecule has 0 fully saturated rings. The summed E-state index contributed by atoms with van der Waals surface area (Å²) < 4.78 is 21.5. The molecule has 0 saturated carbocycles. The van der Waals surface area contributed by atoms with Gasteiger partial charge in [0, 0.05) is 24.6 Å². The number of allylic oxidation sites excluding steroid dienone is 2. The first kappa shape index (κ1) is 27.3. The predicted octanol–water partition coefficient (Wildman–Crippen LogP) is 6.03. The van der Waals surface area contributed by atoms with E-state index in [-0.39, 0.29) is 18.3 Å². The smallest absolute Gasteiger partial charge is 0.412 e. The maximum atomic E-state index is 12.6. The lowest BCUT2D eigenvalue weighted by Crippen LogP contribution is -2.29. The minimum absolute atomic E-state index is 0.00771. The van der Waals surface area contributed by atoms with E-state index in [2.05, 4.69) is 45.0 Å². The summed E-state index contributed by atoms with van der Waals surface area (Å²) in [6.07, 6.45) is 8.30. The zero-order valence-electron chi connectivity index (χ0n) is 20.5.